The summed E-state index contributed by atoms with van der Waals surface area (Å²) in [7, 11) is -1.68. The Bertz CT molecular complexity index is 568. The summed E-state index contributed by atoms with van der Waals surface area (Å²) < 4.78 is 22.4. The van der Waals surface area contributed by atoms with Gasteiger partial charge in [-0.1, -0.05) is 12.1 Å². The molecule has 0 bridgehead atoms. The predicted molar refractivity (Wildman–Crippen MR) is 69.6 cm³/mol. The molecular weight excluding hydrogens is 252 g/mol. The molecule has 98 valence electrons. The van der Waals surface area contributed by atoms with E-state index in [1.807, 2.05) is 18.0 Å². The van der Waals surface area contributed by atoms with Crippen LogP contribution in [0.5, 0.6) is 0 Å². The highest BCUT2D eigenvalue weighted by Crippen LogP contribution is 2.09. The van der Waals surface area contributed by atoms with E-state index in [1.165, 1.54) is 6.07 Å². The van der Waals surface area contributed by atoms with Gasteiger partial charge in [0.25, 0.3) is 0 Å². The highest BCUT2D eigenvalue weighted by Gasteiger charge is 2.12. The van der Waals surface area contributed by atoms with Crippen LogP contribution in [0.2, 0.25) is 0 Å². The summed E-state index contributed by atoms with van der Waals surface area (Å²) in [6.07, 6.45) is 0. The van der Waals surface area contributed by atoms with Crippen LogP contribution >= 0.6 is 0 Å². The Morgan fingerprint density at radius 3 is 2.89 bits per heavy atom. The van der Waals surface area contributed by atoms with Gasteiger partial charge in [-0.25, -0.2) is 13.6 Å². The first-order chi connectivity index (χ1) is 8.47. The summed E-state index contributed by atoms with van der Waals surface area (Å²) in [5, 5.41) is 8.25. The number of primary sulfonamides is 1. The van der Waals surface area contributed by atoms with Gasteiger partial charge >= 0.3 is 0 Å². The van der Waals surface area contributed by atoms with Crippen molar-refractivity contribution in [2.75, 3.05) is 20.1 Å². The lowest BCUT2D eigenvalue weighted by atomic mass is 10.2. The van der Waals surface area contributed by atoms with Crippen LogP contribution in [0.15, 0.2) is 34.2 Å². The predicted octanol–water partition coefficient (Wildman–Crippen LogP) is -0.275. The van der Waals surface area contributed by atoms with E-state index in [0.717, 1.165) is 24.6 Å². The van der Waals surface area contributed by atoms with Crippen molar-refractivity contribution < 1.29 is 8.42 Å². The zero-order valence-corrected chi connectivity index (χ0v) is 10.9. The third-order valence-corrected chi connectivity index (χ3v) is 3.65. The minimum atomic E-state index is -3.64. The first-order valence-corrected chi connectivity index (χ1v) is 7.12. The molecule has 1 aromatic carbocycles. The molecule has 3 N–H and O–H groups in total. The number of aliphatic imine (C=N–C) groups is 1. The second kappa shape index (κ2) is 4.95. The van der Waals surface area contributed by atoms with Gasteiger partial charge in [0.15, 0.2) is 5.96 Å². The van der Waals surface area contributed by atoms with Crippen molar-refractivity contribution in [1.29, 1.82) is 0 Å². The lowest BCUT2D eigenvalue weighted by Crippen LogP contribution is -2.35. The molecule has 1 aliphatic rings. The number of sulfonamides is 1. The van der Waals surface area contributed by atoms with E-state index in [-0.39, 0.29) is 4.90 Å². The summed E-state index contributed by atoms with van der Waals surface area (Å²) in [5.74, 6) is 0.830. The van der Waals surface area contributed by atoms with Crippen LogP contribution in [0.25, 0.3) is 0 Å². The van der Waals surface area contributed by atoms with E-state index in [4.69, 9.17) is 5.14 Å². The Hall–Kier alpha value is -1.60. The molecular formula is C11H16N4O2S. The van der Waals surface area contributed by atoms with Gasteiger partial charge in [-0.05, 0) is 17.7 Å². The number of likely N-dealkylation sites (N-methyl/N-ethyl adjacent to an activating group) is 1. The van der Waals surface area contributed by atoms with Gasteiger partial charge in [-0.3, -0.25) is 4.99 Å². The lowest BCUT2D eigenvalue weighted by molar-refractivity contribution is 0.534. The number of hydrogen-bond donors (Lipinski definition) is 2. The Kier molecular flexibility index (Phi) is 3.53. The molecule has 6 nitrogen and oxygen atoms in total. The van der Waals surface area contributed by atoms with E-state index in [2.05, 4.69) is 10.3 Å². The normalized spacial score (nSPS) is 15.7. The van der Waals surface area contributed by atoms with Crippen molar-refractivity contribution in [2.45, 2.75) is 11.4 Å². The van der Waals surface area contributed by atoms with Crippen LogP contribution in [-0.4, -0.2) is 39.4 Å². The van der Waals surface area contributed by atoms with Crippen LogP contribution in [-0.2, 0) is 16.6 Å². The average Bonchev–Trinajstić information content (AvgIpc) is 2.72. The van der Waals surface area contributed by atoms with E-state index in [9.17, 15) is 8.42 Å². The monoisotopic (exact) mass is 268 g/mol. The summed E-state index contributed by atoms with van der Waals surface area (Å²) in [5.41, 5.74) is 0.851. The molecule has 18 heavy (non-hydrogen) atoms. The summed E-state index contributed by atoms with van der Waals surface area (Å²) in [6.45, 7) is 2.21. The van der Waals surface area contributed by atoms with E-state index >= 15 is 0 Å². The van der Waals surface area contributed by atoms with E-state index in [0.29, 0.717) is 6.54 Å². The standard InChI is InChI=1S/C11H16N4O2S/c1-15-6-5-13-11(15)14-8-9-3-2-4-10(7-9)18(12,16)17/h2-4,7H,5-6,8H2,1H3,(H,13,14)(H2,12,16,17). The largest absolute Gasteiger partial charge is 0.352 e. The maximum atomic E-state index is 11.2. The summed E-state index contributed by atoms with van der Waals surface area (Å²) in [4.78, 5) is 6.44. The van der Waals surface area contributed by atoms with Crippen molar-refractivity contribution in [3.8, 4) is 0 Å². The van der Waals surface area contributed by atoms with Crippen molar-refractivity contribution in [3.63, 3.8) is 0 Å². The molecule has 0 unspecified atom stereocenters. The van der Waals surface area contributed by atoms with Crippen molar-refractivity contribution >= 4 is 16.0 Å². The van der Waals surface area contributed by atoms with Gasteiger partial charge in [-0.2, -0.15) is 0 Å². The summed E-state index contributed by atoms with van der Waals surface area (Å²) in [6, 6.07) is 6.57. The zero-order chi connectivity index (χ0) is 13.2. The van der Waals surface area contributed by atoms with E-state index in [1.54, 1.807) is 12.1 Å². The van der Waals surface area contributed by atoms with Crippen LogP contribution < -0.4 is 10.5 Å². The van der Waals surface area contributed by atoms with Gasteiger partial charge in [0.1, 0.15) is 0 Å². The third-order valence-electron chi connectivity index (χ3n) is 2.74. The Morgan fingerprint density at radius 2 is 2.28 bits per heavy atom. The smallest absolute Gasteiger partial charge is 0.238 e. The van der Waals surface area contributed by atoms with Crippen molar-refractivity contribution in [1.82, 2.24) is 10.2 Å². The molecule has 0 fully saturated rings. The molecule has 1 heterocycles. The fourth-order valence-electron chi connectivity index (χ4n) is 1.74. The molecule has 0 atom stereocenters. The van der Waals surface area contributed by atoms with Crippen LogP contribution in [0.4, 0.5) is 0 Å². The average molecular weight is 268 g/mol. The minimum Gasteiger partial charge on any atom is -0.352 e. The highest BCUT2D eigenvalue weighted by atomic mass is 32.2. The van der Waals surface area contributed by atoms with Gasteiger partial charge in [0.2, 0.25) is 10.0 Å². The molecule has 2 rings (SSSR count). The molecule has 1 aromatic rings. The number of guanidine groups is 1. The Morgan fingerprint density at radius 1 is 1.50 bits per heavy atom. The van der Waals surface area contributed by atoms with Gasteiger partial charge in [0, 0.05) is 20.1 Å². The number of rotatable bonds is 3. The molecule has 7 heteroatoms. The first kappa shape index (κ1) is 12.8. The quantitative estimate of drug-likeness (QED) is 0.789. The maximum absolute atomic E-state index is 11.2. The number of benzene rings is 1. The molecule has 0 amide bonds. The second-order valence-corrected chi connectivity index (χ2v) is 5.73. The number of nitrogens with two attached hydrogens (primary N) is 1. The van der Waals surface area contributed by atoms with Crippen molar-refractivity contribution in [3.05, 3.63) is 29.8 Å². The lowest BCUT2D eigenvalue weighted by Gasteiger charge is -2.15. The van der Waals surface area contributed by atoms with Crippen LogP contribution in [0.1, 0.15) is 5.56 Å². The topological polar surface area (TPSA) is 87.8 Å². The number of hydrogen-bond acceptors (Lipinski definition) is 5. The second-order valence-electron chi connectivity index (χ2n) is 4.17. The van der Waals surface area contributed by atoms with E-state index < -0.39 is 10.0 Å². The maximum Gasteiger partial charge on any atom is 0.238 e. The van der Waals surface area contributed by atoms with Crippen LogP contribution in [0.3, 0.4) is 0 Å². The molecule has 1 aliphatic heterocycles. The van der Waals surface area contributed by atoms with Gasteiger partial charge in [-0.15, -0.1) is 0 Å². The molecule has 0 saturated heterocycles. The number of nitrogens with one attached hydrogen (secondary N) is 1. The van der Waals surface area contributed by atoms with Gasteiger partial charge < -0.3 is 10.2 Å². The molecule has 0 aliphatic carbocycles. The molecule has 0 spiro atoms. The zero-order valence-electron chi connectivity index (χ0n) is 10.1. The highest BCUT2D eigenvalue weighted by molar-refractivity contribution is 7.89. The fourth-order valence-corrected chi connectivity index (χ4v) is 2.32. The summed E-state index contributed by atoms with van der Waals surface area (Å²) >= 11 is 0. The Balaban J connectivity index is 2.06. The minimum absolute atomic E-state index is 0.128. The van der Waals surface area contributed by atoms with Crippen molar-refractivity contribution in [2.24, 2.45) is 10.1 Å². The fraction of sp³-hybridized carbons (Fsp3) is 0.364. The van der Waals surface area contributed by atoms with Crippen LogP contribution in [0, 0.1) is 0 Å². The van der Waals surface area contributed by atoms with Gasteiger partial charge in [0.05, 0.1) is 11.4 Å². The third kappa shape index (κ3) is 2.99. The molecule has 0 radical (unpaired) electrons. The first-order valence-electron chi connectivity index (χ1n) is 5.58. The SMILES string of the molecule is CN1CCN=C1NCc1cccc(S(N)(=O)=O)c1. The molecule has 0 saturated carbocycles. The number of nitrogens with zero attached hydrogens (tertiary/aromatic N) is 2. The molecule has 0 aromatic heterocycles. The Labute approximate surface area is 107 Å².